The van der Waals surface area contributed by atoms with Crippen LogP contribution in [0.4, 0.5) is 0 Å². The van der Waals surface area contributed by atoms with E-state index in [1.54, 1.807) is 0 Å². The Bertz CT molecular complexity index is 1140. The zero-order chi connectivity index (χ0) is 24.2. The van der Waals surface area contributed by atoms with Gasteiger partial charge in [0, 0.05) is 23.7 Å². The van der Waals surface area contributed by atoms with Gasteiger partial charge in [-0.1, -0.05) is 55.0 Å². The predicted octanol–water partition coefficient (Wildman–Crippen LogP) is 4.07. The number of nitrogens with zero attached hydrogens (tertiary/aromatic N) is 1. The van der Waals surface area contributed by atoms with Crippen LogP contribution in [0.25, 0.3) is 11.1 Å². The number of rotatable bonds is 6. The lowest BCUT2D eigenvalue weighted by molar-refractivity contribution is 0.0954. The first kappa shape index (κ1) is 25.4. The number of aliphatic imine (C=N–C) groups is 1. The van der Waals surface area contributed by atoms with Crippen LogP contribution in [0.3, 0.4) is 0 Å². The van der Waals surface area contributed by atoms with E-state index < -0.39 is 0 Å². The van der Waals surface area contributed by atoms with Crippen molar-refractivity contribution < 1.29 is 4.79 Å². The molecule has 0 saturated heterocycles. The Labute approximate surface area is 197 Å². The second-order valence-electron chi connectivity index (χ2n) is 7.67. The molecule has 3 rings (SSSR count). The molecule has 0 radical (unpaired) electrons. The molecule has 33 heavy (non-hydrogen) atoms. The summed E-state index contributed by atoms with van der Waals surface area (Å²) in [6.45, 7) is 4.56. The van der Waals surface area contributed by atoms with Gasteiger partial charge in [0.15, 0.2) is 0 Å². The molecule has 0 bridgehead atoms. The van der Waals surface area contributed by atoms with Crippen molar-refractivity contribution in [1.82, 2.24) is 10.6 Å². The highest BCUT2D eigenvalue weighted by atomic mass is 16.1. The molecule has 0 atom stereocenters. The molecule has 3 aromatic rings. The van der Waals surface area contributed by atoms with Gasteiger partial charge in [-0.2, -0.15) is 4.99 Å². The van der Waals surface area contributed by atoms with E-state index >= 15 is 0 Å². The molecule has 0 fully saturated rings. The maximum atomic E-state index is 12.5. The Morgan fingerprint density at radius 2 is 1.67 bits per heavy atom. The quantitative estimate of drug-likeness (QED) is 0.307. The normalized spacial score (nSPS) is 10.6. The van der Waals surface area contributed by atoms with Crippen molar-refractivity contribution in [2.45, 2.75) is 20.3 Å². The lowest BCUT2D eigenvalue weighted by Gasteiger charge is -2.10. The molecule has 1 amide bonds. The Hall–Kier alpha value is -3.88. The number of carbonyl (C=O) groups is 1. The maximum Gasteiger partial charge on any atom is 0.251 e. The zero-order valence-electron chi connectivity index (χ0n) is 19.8. The summed E-state index contributed by atoms with van der Waals surface area (Å²) in [6.07, 6.45) is 5.89. The van der Waals surface area contributed by atoms with Gasteiger partial charge in [-0.3, -0.25) is 4.79 Å². The Kier molecular flexibility index (Phi) is 9.88. The first-order valence-corrected chi connectivity index (χ1v) is 10.8. The van der Waals surface area contributed by atoms with E-state index in [1.807, 2.05) is 75.6 Å². The minimum atomic E-state index is -0.0907. The van der Waals surface area contributed by atoms with Crippen LogP contribution in [-0.4, -0.2) is 32.4 Å². The van der Waals surface area contributed by atoms with Gasteiger partial charge in [0.1, 0.15) is 5.84 Å². The standard InChI is InChI=1S/C26H25N3O.C2H7N/c1-4-28-25(27)24-17-20(10-9-19(24)3)15-16-29-26(30)22-13-11-21(12-14-22)23-8-6-5-7-18(23)2;1-3-2/h1,5-14,17H,15-16H2,2-3H3,(H2,27,28)(H,29,30);3H,1-2H3. The first-order chi connectivity index (χ1) is 15.9. The van der Waals surface area contributed by atoms with Gasteiger partial charge >= 0.3 is 0 Å². The first-order valence-electron chi connectivity index (χ1n) is 10.8. The molecular formula is C28H32N4O. The number of nitrogens with two attached hydrogens (primary N) is 1. The summed E-state index contributed by atoms with van der Waals surface area (Å²) in [5.41, 5.74) is 12.9. The Morgan fingerprint density at radius 1 is 1.00 bits per heavy atom. The summed E-state index contributed by atoms with van der Waals surface area (Å²) < 4.78 is 0. The van der Waals surface area contributed by atoms with Crippen LogP contribution in [0.5, 0.6) is 0 Å². The minimum absolute atomic E-state index is 0.0907. The van der Waals surface area contributed by atoms with Crippen molar-refractivity contribution >= 4 is 11.7 Å². The average Bonchev–Trinajstić information content (AvgIpc) is 2.81. The highest BCUT2D eigenvalue weighted by Crippen LogP contribution is 2.23. The summed E-state index contributed by atoms with van der Waals surface area (Å²) in [4.78, 5) is 16.3. The van der Waals surface area contributed by atoms with Crippen LogP contribution in [-0.2, 0) is 6.42 Å². The van der Waals surface area contributed by atoms with Crippen molar-refractivity contribution in [2.75, 3.05) is 20.6 Å². The molecule has 170 valence electrons. The van der Waals surface area contributed by atoms with Gasteiger partial charge in [0.25, 0.3) is 5.91 Å². The van der Waals surface area contributed by atoms with Gasteiger partial charge in [-0.15, -0.1) is 0 Å². The molecule has 5 nitrogen and oxygen atoms in total. The molecule has 0 aliphatic carbocycles. The molecule has 0 aliphatic heterocycles. The summed E-state index contributed by atoms with van der Waals surface area (Å²) in [6, 6.07) is 24.1. The van der Waals surface area contributed by atoms with Crippen LogP contribution in [0.2, 0.25) is 0 Å². The number of nitrogens with one attached hydrogen (secondary N) is 2. The fourth-order valence-electron chi connectivity index (χ4n) is 3.35. The lowest BCUT2D eigenvalue weighted by Crippen LogP contribution is -2.25. The number of amides is 1. The number of aryl methyl sites for hydroxylation is 2. The third-order valence-electron chi connectivity index (χ3n) is 5.07. The number of amidine groups is 1. The molecule has 0 aliphatic rings. The SMILES string of the molecule is C#CN=C(N)c1cc(CCNC(=O)c2ccc(-c3ccccc3C)cc2)ccc1C.CNC. The van der Waals surface area contributed by atoms with Crippen molar-refractivity contribution in [2.24, 2.45) is 10.7 Å². The molecule has 3 aromatic carbocycles. The van der Waals surface area contributed by atoms with Crippen molar-refractivity contribution in [3.63, 3.8) is 0 Å². The minimum Gasteiger partial charge on any atom is -0.383 e. The third-order valence-corrected chi connectivity index (χ3v) is 5.07. The van der Waals surface area contributed by atoms with Crippen LogP contribution >= 0.6 is 0 Å². The van der Waals surface area contributed by atoms with Gasteiger partial charge in [-0.05, 0) is 80.4 Å². The lowest BCUT2D eigenvalue weighted by atomic mass is 9.99. The fourth-order valence-corrected chi connectivity index (χ4v) is 3.35. The summed E-state index contributed by atoms with van der Waals surface area (Å²) in [5.74, 6) is 0.238. The number of hydrogen-bond acceptors (Lipinski definition) is 3. The molecule has 0 aromatic heterocycles. The monoisotopic (exact) mass is 440 g/mol. The van der Waals surface area contributed by atoms with E-state index in [0.717, 1.165) is 22.3 Å². The number of hydrogen-bond donors (Lipinski definition) is 3. The fraction of sp³-hybridized carbons (Fsp3) is 0.214. The smallest absolute Gasteiger partial charge is 0.251 e. The summed E-state index contributed by atoms with van der Waals surface area (Å²) >= 11 is 0. The van der Waals surface area contributed by atoms with Gasteiger partial charge in [0.05, 0.1) is 0 Å². The van der Waals surface area contributed by atoms with E-state index in [2.05, 4.69) is 40.7 Å². The highest BCUT2D eigenvalue weighted by Gasteiger charge is 2.08. The average molecular weight is 441 g/mol. The number of terminal acetylenes is 1. The molecule has 0 saturated carbocycles. The Morgan fingerprint density at radius 3 is 2.30 bits per heavy atom. The second kappa shape index (κ2) is 12.8. The molecule has 0 unspecified atom stereocenters. The molecular weight excluding hydrogens is 408 g/mol. The zero-order valence-corrected chi connectivity index (χ0v) is 19.8. The highest BCUT2D eigenvalue weighted by molar-refractivity contribution is 5.99. The number of carbonyl (C=O) groups excluding carboxylic acids is 1. The van der Waals surface area contributed by atoms with Crippen LogP contribution < -0.4 is 16.4 Å². The third kappa shape index (κ3) is 7.34. The van der Waals surface area contributed by atoms with Crippen molar-refractivity contribution in [3.8, 4) is 23.6 Å². The second-order valence-corrected chi connectivity index (χ2v) is 7.67. The predicted molar refractivity (Wildman–Crippen MR) is 138 cm³/mol. The largest absolute Gasteiger partial charge is 0.383 e. The van der Waals surface area contributed by atoms with E-state index in [0.29, 0.717) is 24.4 Å². The summed E-state index contributed by atoms with van der Waals surface area (Å²) in [7, 11) is 3.75. The molecule has 0 spiro atoms. The summed E-state index contributed by atoms with van der Waals surface area (Å²) in [5, 5.41) is 5.72. The van der Waals surface area contributed by atoms with Crippen molar-refractivity contribution in [1.29, 1.82) is 0 Å². The maximum absolute atomic E-state index is 12.5. The topological polar surface area (TPSA) is 79.5 Å². The molecule has 4 N–H and O–H groups in total. The van der Waals surface area contributed by atoms with Crippen LogP contribution in [0, 0.1) is 26.3 Å². The van der Waals surface area contributed by atoms with E-state index in [1.165, 1.54) is 11.1 Å². The number of benzene rings is 3. The Balaban J connectivity index is 0.00000122. The van der Waals surface area contributed by atoms with Gasteiger partial charge < -0.3 is 16.4 Å². The van der Waals surface area contributed by atoms with E-state index in [9.17, 15) is 4.79 Å². The van der Waals surface area contributed by atoms with Gasteiger partial charge in [0.2, 0.25) is 0 Å². The molecule has 0 heterocycles. The molecule has 5 heteroatoms. The van der Waals surface area contributed by atoms with Crippen LogP contribution in [0.1, 0.15) is 32.6 Å². The van der Waals surface area contributed by atoms with E-state index in [-0.39, 0.29) is 5.91 Å². The van der Waals surface area contributed by atoms with Crippen molar-refractivity contribution in [3.05, 3.63) is 94.5 Å². The van der Waals surface area contributed by atoms with Gasteiger partial charge in [-0.25, -0.2) is 0 Å². The van der Waals surface area contributed by atoms with E-state index in [4.69, 9.17) is 12.2 Å². The van der Waals surface area contributed by atoms with Crippen LogP contribution in [0.15, 0.2) is 71.7 Å².